The van der Waals surface area contributed by atoms with Crippen molar-refractivity contribution in [1.29, 1.82) is 0 Å². The molecule has 146 valence electrons. The molecule has 2 rings (SSSR count). The highest BCUT2D eigenvalue weighted by Gasteiger charge is 2.58. The first kappa shape index (κ1) is 20.6. The first-order valence-electron chi connectivity index (χ1n) is 7.52. The number of methoxy groups -OCH3 is 1. The van der Waals surface area contributed by atoms with E-state index in [9.17, 15) is 27.9 Å². The van der Waals surface area contributed by atoms with Gasteiger partial charge in [0.15, 0.2) is 0 Å². The highest BCUT2D eigenvalue weighted by molar-refractivity contribution is 7.09. The van der Waals surface area contributed by atoms with E-state index in [4.69, 9.17) is 0 Å². The summed E-state index contributed by atoms with van der Waals surface area (Å²) < 4.78 is 44.6. The van der Waals surface area contributed by atoms with Gasteiger partial charge in [-0.1, -0.05) is 0 Å². The zero-order valence-corrected chi connectivity index (χ0v) is 15.1. The smallest absolute Gasteiger partial charge is 0.424 e. The van der Waals surface area contributed by atoms with Gasteiger partial charge in [-0.15, -0.1) is 11.3 Å². The van der Waals surface area contributed by atoms with Gasteiger partial charge in [-0.3, -0.25) is 10.1 Å². The van der Waals surface area contributed by atoms with Crippen molar-refractivity contribution >= 4 is 34.7 Å². The molecule has 0 saturated carbocycles. The number of rotatable bonds is 5. The van der Waals surface area contributed by atoms with Crippen LogP contribution in [0.3, 0.4) is 0 Å². The van der Waals surface area contributed by atoms with Crippen LogP contribution in [0.15, 0.2) is 29.6 Å². The number of thiazole rings is 1. The number of hydrogen-bond acceptors (Lipinski definition) is 6. The minimum Gasteiger partial charge on any atom is -0.453 e. The van der Waals surface area contributed by atoms with Crippen molar-refractivity contribution in [1.82, 2.24) is 4.98 Å². The topological polar surface area (TPSA) is 101 Å². The number of hydrogen-bond donors (Lipinski definition) is 3. The van der Waals surface area contributed by atoms with Crippen molar-refractivity contribution in [2.24, 2.45) is 0 Å². The number of aryl methyl sites for hydroxylation is 1. The van der Waals surface area contributed by atoms with E-state index in [0.717, 1.165) is 0 Å². The van der Waals surface area contributed by atoms with Gasteiger partial charge in [-0.2, -0.15) is 13.2 Å². The number of anilines is 2. The summed E-state index contributed by atoms with van der Waals surface area (Å²) in [6.07, 6.45) is -7.02. The highest BCUT2D eigenvalue weighted by atomic mass is 32.1. The molecule has 3 N–H and O–H groups in total. The number of aliphatic hydroxyl groups is 1. The van der Waals surface area contributed by atoms with Crippen LogP contribution < -0.4 is 10.6 Å². The van der Waals surface area contributed by atoms with Gasteiger partial charge < -0.3 is 15.2 Å². The van der Waals surface area contributed by atoms with Crippen LogP contribution in [-0.2, 0) is 15.1 Å². The Kier molecular flexibility index (Phi) is 6.06. The number of nitrogens with one attached hydrogen (secondary N) is 2. The Morgan fingerprint density at radius 2 is 1.74 bits per heavy atom. The lowest BCUT2D eigenvalue weighted by molar-refractivity contribution is -0.266. The van der Waals surface area contributed by atoms with Gasteiger partial charge in [-0.25, -0.2) is 9.78 Å². The van der Waals surface area contributed by atoms with Crippen molar-refractivity contribution < 1.29 is 32.6 Å². The largest absolute Gasteiger partial charge is 0.453 e. The molecule has 1 aromatic carbocycles. The third kappa shape index (κ3) is 4.95. The minimum atomic E-state index is -5.08. The molecule has 0 saturated heterocycles. The molecule has 0 fully saturated rings. The molecule has 11 heteroatoms. The summed E-state index contributed by atoms with van der Waals surface area (Å²) in [6.45, 7) is 1.49. The molecule has 1 aromatic heterocycles. The van der Waals surface area contributed by atoms with Crippen LogP contribution in [-0.4, -0.2) is 35.4 Å². The van der Waals surface area contributed by atoms with E-state index in [2.05, 4.69) is 20.4 Å². The van der Waals surface area contributed by atoms with E-state index in [1.54, 1.807) is 0 Å². The number of alkyl halides is 3. The number of ether oxygens (including phenoxy) is 1. The van der Waals surface area contributed by atoms with Crippen LogP contribution in [0.4, 0.5) is 29.3 Å². The molecule has 2 amide bonds. The summed E-state index contributed by atoms with van der Waals surface area (Å²) in [4.78, 5) is 26.8. The Morgan fingerprint density at radius 3 is 2.19 bits per heavy atom. The molecular weight excluding hydrogens is 387 g/mol. The third-order valence-corrected chi connectivity index (χ3v) is 4.57. The number of halogens is 3. The fourth-order valence-electron chi connectivity index (χ4n) is 2.08. The summed E-state index contributed by atoms with van der Waals surface area (Å²) in [5.41, 5.74) is -2.52. The minimum absolute atomic E-state index is 0.190. The molecule has 0 unspecified atom stereocenters. The average molecular weight is 403 g/mol. The Balaban J connectivity index is 2.11. The number of benzene rings is 1. The molecule has 7 nitrogen and oxygen atoms in total. The molecule has 0 spiro atoms. The van der Waals surface area contributed by atoms with Crippen molar-refractivity contribution in [2.75, 3.05) is 17.7 Å². The maximum atomic E-state index is 13.4. The van der Waals surface area contributed by atoms with Gasteiger partial charge in [0, 0.05) is 22.4 Å². The molecule has 2 aromatic rings. The monoisotopic (exact) mass is 403 g/mol. The molecule has 0 radical (unpaired) electrons. The quantitative estimate of drug-likeness (QED) is 0.710. The average Bonchev–Trinajstić information content (AvgIpc) is 3.02. The van der Waals surface area contributed by atoms with E-state index in [1.807, 2.05) is 0 Å². The zero-order chi connectivity index (χ0) is 20.2. The Morgan fingerprint density at radius 1 is 1.19 bits per heavy atom. The van der Waals surface area contributed by atoms with Crippen molar-refractivity contribution in [2.45, 2.75) is 25.1 Å². The Labute approximate surface area is 156 Å². The predicted molar refractivity (Wildman–Crippen MR) is 92.5 cm³/mol. The molecule has 0 bridgehead atoms. The van der Waals surface area contributed by atoms with Crippen LogP contribution in [0.5, 0.6) is 0 Å². The summed E-state index contributed by atoms with van der Waals surface area (Å²) in [5, 5.41) is 15.6. The summed E-state index contributed by atoms with van der Waals surface area (Å²) >= 11 is 0.628. The van der Waals surface area contributed by atoms with Crippen LogP contribution in [0, 0.1) is 6.92 Å². The van der Waals surface area contributed by atoms with Crippen molar-refractivity contribution in [3.8, 4) is 0 Å². The molecule has 0 aliphatic rings. The van der Waals surface area contributed by atoms with Gasteiger partial charge >= 0.3 is 12.3 Å². The maximum absolute atomic E-state index is 13.4. The van der Waals surface area contributed by atoms with Gasteiger partial charge in [0.1, 0.15) is 5.01 Å². The lowest BCUT2D eigenvalue weighted by Crippen LogP contribution is -2.45. The predicted octanol–water partition coefficient (Wildman–Crippen LogP) is 3.41. The standard InChI is InChI=1S/C16H16F3N3O4S/c1-9-8-27-13(20-9)15(25,16(17,18)19)7-12(23)21-10-3-5-11(6-4-10)22-14(24)26-2/h3-6,8,25H,7H2,1-2H3,(H,21,23)(H,22,24)/t15-/m0/s1. The maximum Gasteiger partial charge on any atom is 0.424 e. The second-order valence-electron chi connectivity index (χ2n) is 5.57. The van der Waals surface area contributed by atoms with Gasteiger partial charge in [0.25, 0.3) is 0 Å². The summed E-state index contributed by atoms with van der Waals surface area (Å²) in [5.74, 6) is -1.05. The third-order valence-electron chi connectivity index (χ3n) is 3.46. The summed E-state index contributed by atoms with van der Waals surface area (Å²) in [7, 11) is 1.19. The first-order valence-corrected chi connectivity index (χ1v) is 8.40. The SMILES string of the molecule is COC(=O)Nc1ccc(NC(=O)C[C@](O)(c2nc(C)cs2)C(F)(F)F)cc1. The van der Waals surface area contributed by atoms with E-state index >= 15 is 0 Å². The molecule has 1 heterocycles. The number of nitrogens with zero attached hydrogens (tertiary/aromatic N) is 1. The second-order valence-corrected chi connectivity index (χ2v) is 6.43. The fraction of sp³-hybridized carbons (Fsp3) is 0.312. The van der Waals surface area contributed by atoms with Crippen LogP contribution >= 0.6 is 11.3 Å². The molecular formula is C16H16F3N3O4S. The first-order chi connectivity index (χ1) is 12.5. The number of carbonyl (C=O) groups is 2. The van der Waals surface area contributed by atoms with E-state index in [0.29, 0.717) is 22.7 Å². The second kappa shape index (κ2) is 7.92. The van der Waals surface area contributed by atoms with E-state index < -0.39 is 35.2 Å². The lowest BCUT2D eigenvalue weighted by Gasteiger charge is -2.27. The van der Waals surface area contributed by atoms with Crippen LogP contribution in [0.1, 0.15) is 17.1 Å². The fourth-order valence-corrected chi connectivity index (χ4v) is 3.00. The van der Waals surface area contributed by atoms with E-state index in [1.165, 1.54) is 43.7 Å². The zero-order valence-electron chi connectivity index (χ0n) is 14.3. The Bertz CT molecular complexity index is 823. The normalized spacial score (nSPS) is 13.6. The molecule has 0 aliphatic heterocycles. The van der Waals surface area contributed by atoms with Crippen molar-refractivity contribution in [3.05, 3.63) is 40.3 Å². The molecule has 1 atom stereocenters. The number of aromatic nitrogens is 1. The highest BCUT2D eigenvalue weighted by Crippen LogP contribution is 2.43. The lowest BCUT2D eigenvalue weighted by atomic mass is 9.99. The number of amides is 2. The van der Waals surface area contributed by atoms with Crippen LogP contribution in [0.2, 0.25) is 0 Å². The van der Waals surface area contributed by atoms with E-state index in [-0.39, 0.29) is 5.69 Å². The van der Waals surface area contributed by atoms with Gasteiger partial charge in [0.05, 0.1) is 13.5 Å². The van der Waals surface area contributed by atoms with Gasteiger partial charge in [-0.05, 0) is 31.2 Å². The molecule has 27 heavy (non-hydrogen) atoms. The molecule has 0 aliphatic carbocycles. The number of carbonyl (C=O) groups excluding carboxylic acids is 2. The van der Waals surface area contributed by atoms with Crippen molar-refractivity contribution in [3.63, 3.8) is 0 Å². The summed E-state index contributed by atoms with van der Waals surface area (Å²) in [6, 6.07) is 5.60. The van der Waals surface area contributed by atoms with Crippen LogP contribution in [0.25, 0.3) is 0 Å². The Hall–Kier alpha value is -2.66. The van der Waals surface area contributed by atoms with Gasteiger partial charge in [0.2, 0.25) is 11.5 Å².